The van der Waals surface area contributed by atoms with Crippen molar-refractivity contribution in [2.24, 2.45) is 4.40 Å². The maximum absolute atomic E-state index is 12.5. The van der Waals surface area contributed by atoms with Gasteiger partial charge in [-0.3, -0.25) is 0 Å². The third-order valence-electron chi connectivity index (χ3n) is 3.70. The van der Waals surface area contributed by atoms with Gasteiger partial charge in [-0.15, -0.1) is 4.40 Å². The summed E-state index contributed by atoms with van der Waals surface area (Å²) in [6.07, 6.45) is 0. The van der Waals surface area contributed by atoms with Crippen molar-refractivity contribution < 1.29 is 13.2 Å². The summed E-state index contributed by atoms with van der Waals surface area (Å²) >= 11 is 5.88. The molecule has 0 saturated carbocycles. The highest BCUT2D eigenvalue weighted by Gasteiger charge is 2.31. The molecule has 1 heterocycles. The maximum Gasteiger partial charge on any atom is 0.285 e. The predicted molar refractivity (Wildman–Crippen MR) is 102 cm³/mol. The molecule has 1 aliphatic rings. The third-order valence-corrected chi connectivity index (χ3v) is 5.43. The first-order chi connectivity index (χ1) is 11.9. The molecule has 1 N–H and O–H groups in total. The van der Waals surface area contributed by atoms with Gasteiger partial charge < -0.3 is 10.1 Å². The molecule has 0 amide bonds. The molecular weight excluding hydrogens is 360 g/mol. The Bertz CT molecular complexity index is 947. The minimum Gasteiger partial charge on any atom is -0.494 e. The fourth-order valence-corrected chi connectivity index (χ4v) is 4.11. The second-order valence-electron chi connectivity index (χ2n) is 5.46. The molecule has 0 atom stereocenters. The van der Waals surface area contributed by atoms with Gasteiger partial charge in [0.1, 0.15) is 16.5 Å². The number of benzene rings is 2. The van der Waals surface area contributed by atoms with E-state index in [-0.39, 0.29) is 4.91 Å². The molecule has 0 spiro atoms. The number of anilines is 1. The van der Waals surface area contributed by atoms with E-state index in [0.29, 0.717) is 28.6 Å². The summed E-state index contributed by atoms with van der Waals surface area (Å²) in [6.45, 7) is 4.23. The zero-order valence-corrected chi connectivity index (χ0v) is 15.4. The van der Waals surface area contributed by atoms with E-state index < -0.39 is 10.0 Å². The third kappa shape index (κ3) is 3.70. The molecule has 5 nitrogen and oxygen atoms in total. The minimum atomic E-state index is -3.75. The van der Waals surface area contributed by atoms with Crippen LogP contribution in [0, 0.1) is 0 Å². The molecule has 0 unspecified atom stereocenters. The molecule has 0 aromatic heterocycles. The van der Waals surface area contributed by atoms with E-state index in [2.05, 4.69) is 9.71 Å². The Morgan fingerprint density at radius 3 is 2.32 bits per heavy atom. The van der Waals surface area contributed by atoms with Crippen molar-refractivity contribution in [1.82, 2.24) is 0 Å². The molecule has 0 aliphatic carbocycles. The molecule has 2 aromatic rings. The maximum atomic E-state index is 12.5. The lowest BCUT2D eigenvalue weighted by molar-refractivity contribution is 0.340. The first-order valence-corrected chi connectivity index (χ1v) is 9.54. The number of halogens is 1. The summed E-state index contributed by atoms with van der Waals surface area (Å²) in [5.41, 5.74) is 1.86. The van der Waals surface area contributed by atoms with Gasteiger partial charge in [-0.1, -0.05) is 23.7 Å². The Kier molecular flexibility index (Phi) is 4.83. The van der Waals surface area contributed by atoms with E-state index in [4.69, 9.17) is 16.3 Å². The lowest BCUT2D eigenvalue weighted by Crippen LogP contribution is -2.11. The molecule has 2 aromatic carbocycles. The number of nitrogens with zero attached hydrogens (tertiary/aromatic N) is 1. The largest absolute Gasteiger partial charge is 0.494 e. The molecule has 0 bridgehead atoms. The van der Waals surface area contributed by atoms with Crippen molar-refractivity contribution in [1.29, 1.82) is 0 Å². The van der Waals surface area contributed by atoms with Crippen LogP contribution in [0.15, 0.2) is 58.5 Å². The lowest BCUT2D eigenvalue weighted by atomic mass is 10.1. The van der Waals surface area contributed by atoms with E-state index >= 15 is 0 Å². The molecule has 25 heavy (non-hydrogen) atoms. The Labute approximate surface area is 152 Å². The van der Waals surface area contributed by atoms with Crippen molar-refractivity contribution in [3.63, 3.8) is 0 Å². The van der Waals surface area contributed by atoms with Gasteiger partial charge in [0.05, 0.1) is 6.61 Å². The summed E-state index contributed by atoms with van der Waals surface area (Å²) in [4.78, 5) is 0.192. The number of hydrogen-bond donors (Lipinski definition) is 1. The normalized spacial score (nSPS) is 15.9. The van der Waals surface area contributed by atoms with Gasteiger partial charge in [-0.25, -0.2) is 0 Å². The summed E-state index contributed by atoms with van der Waals surface area (Å²) in [7, 11) is -3.75. The van der Waals surface area contributed by atoms with Crippen LogP contribution in [-0.2, 0) is 10.0 Å². The van der Waals surface area contributed by atoms with Crippen LogP contribution in [-0.4, -0.2) is 20.9 Å². The molecule has 0 saturated heterocycles. The van der Waals surface area contributed by atoms with Gasteiger partial charge >= 0.3 is 0 Å². The topological polar surface area (TPSA) is 67.8 Å². The molecule has 1 aliphatic heterocycles. The van der Waals surface area contributed by atoms with E-state index in [1.54, 1.807) is 31.2 Å². The van der Waals surface area contributed by atoms with Crippen LogP contribution in [0.25, 0.3) is 4.91 Å². The standard InChI is InChI=1S/C18H17ClN2O3S/c1-3-24-16-10-8-15(9-11-16)20-18-12(2)17(25(22,23)21-18)13-4-6-14(19)7-5-13/h4-11H,3H2,1-2H3,(H,20,21). The van der Waals surface area contributed by atoms with E-state index in [1.165, 1.54) is 0 Å². The molecule has 0 radical (unpaired) electrons. The molecule has 0 fully saturated rings. The van der Waals surface area contributed by atoms with Crippen molar-refractivity contribution in [3.05, 3.63) is 64.7 Å². The van der Waals surface area contributed by atoms with Gasteiger partial charge in [-0.2, -0.15) is 8.42 Å². The number of hydrogen-bond acceptors (Lipinski definition) is 4. The SMILES string of the molecule is CCOc1ccc(NC2=NS(=O)(=O)C(c3ccc(Cl)cc3)=C2C)cc1. The van der Waals surface area contributed by atoms with Crippen molar-refractivity contribution >= 4 is 38.1 Å². The predicted octanol–water partition coefficient (Wildman–Crippen LogP) is 4.32. The van der Waals surface area contributed by atoms with Crippen LogP contribution in [0.2, 0.25) is 5.02 Å². The highest BCUT2D eigenvalue weighted by molar-refractivity contribution is 8.00. The number of nitrogens with one attached hydrogen (secondary N) is 1. The Morgan fingerprint density at radius 1 is 1.08 bits per heavy atom. The van der Waals surface area contributed by atoms with Gasteiger partial charge in [0.15, 0.2) is 0 Å². The van der Waals surface area contributed by atoms with E-state index in [0.717, 1.165) is 11.4 Å². The zero-order chi connectivity index (χ0) is 18.0. The van der Waals surface area contributed by atoms with Crippen LogP contribution in [0.5, 0.6) is 5.75 Å². The highest BCUT2D eigenvalue weighted by Crippen LogP contribution is 2.33. The smallest absolute Gasteiger partial charge is 0.285 e. The fourth-order valence-electron chi connectivity index (χ4n) is 2.56. The Hall–Kier alpha value is -2.31. The van der Waals surface area contributed by atoms with Gasteiger partial charge in [0.2, 0.25) is 0 Å². The molecule has 3 rings (SSSR count). The molecule has 130 valence electrons. The second kappa shape index (κ2) is 6.90. The quantitative estimate of drug-likeness (QED) is 0.862. The van der Waals surface area contributed by atoms with Crippen molar-refractivity contribution in [2.45, 2.75) is 13.8 Å². The highest BCUT2D eigenvalue weighted by atomic mass is 35.5. The summed E-state index contributed by atoms with van der Waals surface area (Å²) in [5, 5.41) is 3.61. The van der Waals surface area contributed by atoms with Crippen molar-refractivity contribution in [3.8, 4) is 5.75 Å². The van der Waals surface area contributed by atoms with Crippen LogP contribution in [0.1, 0.15) is 19.4 Å². The van der Waals surface area contributed by atoms with Crippen molar-refractivity contribution in [2.75, 3.05) is 11.9 Å². The average Bonchev–Trinajstić information content (AvgIpc) is 2.79. The number of ether oxygens (including phenoxy) is 1. The Morgan fingerprint density at radius 2 is 1.72 bits per heavy atom. The van der Waals surface area contributed by atoms with Crippen LogP contribution >= 0.6 is 11.6 Å². The van der Waals surface area contributed by atoms with E-state index in [9.17, 15) is 8.42 Å². The minimum absolute atomic E-state index is 0.192. The fraction of sp³-hybridized carbons (Fsp3) is 0.167. The summed E-state index contributed by atoms with van der Waals surface area (Å²) < 4.78 is 34.2. The van der Waals surface area contributed by atoms with Crippen LogP contribution in [0.3, 0.4) is 0 Å². The summed E-state index contributed by atoms with van der Waals surface area (Å²) in [6, 6.07) is 13.9. The lowest BCUT2D eigenvalue weighted by Gasteiger charge is -2.08. The monoisotopic (exact) mass is 376 g/mol. The number of rotatable bonds is 4. The van der Waals surface area contributed by atoms with Gasteiger partial charge in [0.25, 0.3) is 10.0 Å². The number of amidine groups is 1. The van der Waals surface area contributed by atoms with Gasteiger partial charge in [-0.05, 0) is 55.8 Å². The Balaban J connectivity index is 1.91. The van der Waals surface area contributed by atoms with Crippen LogP contribution < -0.4 is 10.1 Å². The number of sulfonamides is 1. The first kappa shape index (κ1) is 17.5. The summed E-state index contributed by atoms with van der Waals surface area (Å²) in [5.74, 6) is 1.07. The van der Waals surface area contributed by atoms with Gasteiger partial charge in [0, 0.05) is 16.3 Å². The zero-order valence-electron chi connectivity index (χ0n) is 13.8. The van der Waals surface area contributed by atoms with Crippen LogP contribution in [0.4, 0.5) is 5.69 Å². The average molecular weight is 377 g/mol. The van der Waals surface area contributed by atoms with E-state index in [1.807, 2.05) is 31.2 Å². The molecular formula is C18H17ClN2O3S. The molecule has 7 heteroatoms. The second-order valence-corrected chi connectivity index (χ2v) is 7.44. The first-order valence-electron chi connectivity index (χ1n) is 7.73.